The van der Waals surface area contributed by atoms with Crippen molar-refractivity contribution in [1.82, 2.24) is 5.32 Å². The van der Waals surface area contributed by atoms with Gasteiger partial charge in [0.15, 0.2) is 0 Å². The van der Waals surface area contributed by atoms with Gasteiger partial charge in [0.1, 0.15) is 12.1 Å². The average molecular weight is 360 g/mol. The average Bonchev–Trinajstić information content (AvgIpc) is 2.96. The Morgan fingerprint density at radius 2 is 1.80 bits per heavy atom. The predicted octanol–water partition coefficient (Wildman–Crippen LogP) is 2.34. The summed E-state index contributed by atoms with van der Waals surface area (Å²) in [5.41, 5.74) is 8.72. The second-order valence-electron chi connectivity index (χ2n) is 6.06. The Bertz CT molecular complexity index is 734. The zero-order chi connectivity index (χ0) is 17.1. The Hall–Kier alpha value is -2.37. The summed E-state index contributed by atoms with van der Waals surface area (Å²) >= 11 is 0. The van der Waals surface area contributed by atoms with Crippen LogP contribution in [0, 0.1) is 6.92 Å². The highest BCUT2D eigenvalue weighted by atomic mass is 35.5. The van der Waals surface area contributed by atoms with Crippen LogP contribution in [0.25, 0.3) is 0 Å². The highest BCUT2D eigenvalue weighted by Gasteiger charge is 2.34. The summed E-state index contributed by atoms with van der Waals surface area (Å²) in [4.78, 5) is 26.6. The largest absolute Gasteiger partial charge is 0.343 e. The lowest BCUT2D eigenvalue weighted by molar-refractivity contribution is -0.127. The number of halogens is 1. The highest BCUT2D eigenvalue weighted by Crippen LogP contribution is 2.21. The third-order valence-electron chi connectivity index (χ3n) is 4.31. The number of benzene rings is 2. The van der Waals surface area contributed by atoms with Crippen LogP contribution in [0.3, 0.4) is 0 Å². The van der Waals surface area contributed by atoms with Crippen LogP contribution >= 0.6 is 12.4 Å². The van der Waals surface area contributed by atoms with Gasteiger partial charge in [0.05, 0.1) is 0 Å². The number of nitrogens with one attached hydrogen (secondary N) is 1. The minimum absolute atomic E-state index is 0. The van der Waals surface area contributed by atoms with Gasteiger partial charge in [0, 0.05) is 12.2 Å². The fourth-order valence-electron chi connectivity index (χ4n) is 2.86. The number of carbonyl (C=O) groups is 2. The standard InChI is InChI=1S/C19H21N3O2.ClH/c1-13-7-9-14(10-8-13)17(20)18(23)21-16-11-12-22(19(16)24)15-5-3-2-4-6-15;/h2-10,16-17H,11-12,20H2,1H3,(H,21,23);1H. The minimum atomic E-state index is -0.774. The predicted molar refractivity (Wildman–Crippen MR) is 101 cm³/mol. The third-order valence-corrected chi connectivity index (χ3v) is 4.31. The Morgan fingerprint density at radius 3 is 2.44 bits per heavy atom. The minimum Gasteiger partial charge on any atom is -0.343 e. The summed E-state index contributed by atoms with van der Waals surface area (Å²) in [6, 6.07) is 15.7. The van der Waals surface area contributed by atoms with Crippen LogP contribution in [0.15, 0.2) is 54.6 Å². The topological polar surface area (TPSA) is 75.4 Å². The van der Waals surface area contributed by atoms with Gasteiger partial charge in [-0.3, -0.25) is 9.59 Å². The molecular formula is C19H22ClN3O2. The molecule has 5 nitrogen and oxygen atoms in total. The molecule has 0 aromatic heterocycles. The normalized spacial score (nSPS) is 17.8. The molecule has 1 aliphatic rings. The van der Waals surface area contributed by atoms with Gasteiger partial charge in [-0.1, -0.05) is 48.0 Å². The van der Waals surface area contributed by atoms with Crippen LogP contribution in [-0.4, -0.2) is 24.4 Å². The van der Waals surface area contributed by atoms with Crippen LogP contribution in [-0.2, 0) is 9.59 Å². The van der Waals surface area contributed by atoms with Crippen molar-refractivity contribution >= 4 is 29.9 Å². The van der Waals surface area contributed by atoms with Crippen molar-refractivity contribution in [3.05, 3.63) is 65.7 Å². The van der Waals surface area contributed by atoms with E-state index < -0.39 is 12.1 Å². The quantitative estimate of drug-likeness (QED) is 0.879. The molecule has 0 radical (unpaired) electrons. The first kappa shape index (κ1) is 19.0. The number of nitrogens with two attached hydrogens (primary N) is 1. The Morgan fingerprint density at radius 1 is 1.16 bits per heavy atom. The first-order valence-corrected chi connectivity index (χ1v) is 8.05. The smallest absolute Gasteiger partial charge is 0.249 e. The maximum Gasteiger partial charge on any atom is 0.249 e. The zero-order valence-corrected chi connectivity index (χ0v) is 14.8. The van der Waals surface area contributed by atoms with Crippen molar-refractivity contribution in [3.8, 4) is 0 Å². The van der Waals surface area contributed by atoms with Crippen LogP contribution < -0.4 is 16.0 Å². The molecule has 3 rings (SSSR count). The van der Waals surface area contributed by atoms with Gasteiger partial charge < -0.3 is 16.0 Å². The zero-order valence-electron chi connectivity index (χ0n) is 14.0. The van der Waals surface area contributed by atoms with Gasteiger partial charge >= 0.3 is 0 Å². The van der Waals surface area contributed by atoms with E-state index in [4.69, 9.17) is 5.73 Å². The number of rotatable bonds is 4. The molecule has 2 aromatic carbocycles. The molecule has 0 saturated carbocycles. The summed E-state index contributed by atoms with van der Waals surface area (Å²) in [7, 11) is 0. The molecule has 0 aliphatic carbocycles. The van der Waals surface area contributed by atoms with Crippen LogP contribution in [0.4, 0.5) is 5.69 Å². The molecule has 25 heavy (non-hydrogen) atoms. The fraction of sp³-hybridized carbons (Fsp3) is 0.263. The summed E-state index contributed by atoms with van der Waals surface area (Å²) in [5.74, 6) is -0.419. The number of carbonyl (C=O) groups excluding carboxylic acids is 2. The first-order chi connectivity index (χ1) is 11.6. The van der Waals surface area contributed by atoms with E-state index in [0.29, 0.717) is 13.0 Å². The van der Waals surface area contributed by atoms with E-state index >= 15 is 0 Å². The van der Waals surface area contributed by atoms with Crippen molar-refractivity contribution in [2.24, 2.45) is 5.73 Å². The lowest BCUT2D eigenvalue weighted by Crippen LogP contribution is -2.45. The molecule has 2 amide bonds. The number of amides is 2. The van der Waals surface area contributed by atoms with Crippen molar-refractivity contribution in [2.75, 3.05) is 11.4 Å². The molecule has 1 aliphatic heterocycles. The molecule has 3 N–H and O–H groups in total. The number of aryl methyl sites for hydroxylation is 1. The summed E-state index contributed by atoms with van der Waals surface area (Å²) in [5, 5.41) is 2.79. The van der Waals surface area contributed by atoms with E-state index in [0.717, 1.165) is 16.8 Å². The lowest BCUT2D eigenvalue weighted by atomic mass is 10.0. The van der Waals surface area contributed by atoms with Crippen molar-refractivity contribution < 1.29 is 9.59 Å². The third kappa shape index (κ3) is 4.18. The van der Waals surface area contributed by atoms with E-state index in [1.807, 2.05) is 61.5 Å². The van der Waals surface area contributed by atoms with Crippen LogP contribution in [0.2, 0.25) is 0 Å². The monoisotopic (exact) mass is 359 g/mol. The van der Waals surface area contributed by atoms with Crippen molar-refractivity contribution in [2.45, 2.75) is 25.4 Å². The number of anilines is 1. The fourth-order valence-corrected chi connectivity index (χ4v) is 2.86. The molecule has 1 saturated heterocycles. The first-order valence-electron chi connectivity index (χ1n) is 8.05. The van der Waals surface area contributed by atoms with E-state index in [-0.39, 0.29) is 24.2 Å². The SMILES string of the molecule is Cc1ccc(C(N)C(=O)NC2CCN(c3ccccc3)C2=O)cc1.Cl. The number of nitrogens with zero attached hydrogens (tertiary/aromatic N) is 1. The molecule has 1 fully saturated rings. The van der Waals surface area contributed by atoms with Gasteiger partial charge in [0.25, 0.3) is 0 Å². The van der Waals surface area contributed by atoms with Gasteiger partial charge in [-0.05, 0) is 31.0 Å². The van der Waals surface area contributed by atoms with Crippen LogP contribution in [0.5, 0.6) is 0 Å². The van der Waals surface area contributed by atoms with Gasteiger partial charge in [0.2, 0.25) is 11.8 Å². The van der Waals surface area contributed by atoms with Gasteiger partial charge in [-0.15, -0.1) is 12.4 Å². The number of para-hydroxylation sites is 1. The lowest BCUT2D eigenvalue weighted by Gasteiger charge is -2.18. The van der Waals surface area contributed by atoms with Gasteiger partial charge in [-0.2, -0.15) is 0 Å². The molecule has 2 unspecified atom stereocenters. The molecular weight excluding hydrogens is 338 g/mol. The van der Waals surface area contributed by atoms with E-state index in [1.54, 1.807) is 4.90 Å². The highest BCUT2D eigenvalue weighted by molar-refractivity contribution is 6.01. The molecule has 132 valence electrons. The van der Waals surface area contributed by atoms with Crippen LogP contribution in [0.1, 0.15) is 23.6 Å². The Balaban J connectivity index is 0.00000225. The second kappa shape index (κ2) is 8.14. The summed E-state index contributed by atoms with van der Waals surface area (Å²) in [6.07, 6.45) is 0.583. The summed E-state index contributed by atoms with van der Waals surface area (Å²) in [6.45, 7) is 2.57. The molecule has 2 aromatic rings. The summed E-state index contributed by atoms with van der Waals surface area (Å²) < 4.78 is 0. The van der Waals surface area contributed by atoms with E-state index in [9.17, 15) is 9.59 Å². The van der Waals surface area contributed by atoms with Gasteiger partial charge in [-0.25, -0.2) is 0 Å². The number of hydrogen-bond acceptors (Lipinski definition) is 3. The molecule has 1 heterocycles. The maximum atomic E-state index is 12.5. The van der Waals surface area contributed by atoms with E-state index in [2.05, 4.69) is 5.32 Å². The molecule has 2 atom stereocenters. The Kier molecular flexibility index (Phi) is 6.17. The van der Waals surface area contributed by atoms with E-state index in [1.165, 1.54) is 0 Å². The Labute approximate surface area is 153 Å². The maximum absolute atomic E-state index is 12.5. The molecule has 6 heteroatoms. The van der Waals surface area contributed by atoms with Crippen molar-refractivity contribution in [3.63, 3.8) is 0 Å². The molecule has 0 bridgehead atoms. The molecule has 0 spiro atoms. The second-order valence-corrected chi connectivity index (χ2v) is 6.06. The number of hydrogen-bond donors (Lipinski definition) is 2. The van der Waals surface area contributed by atoms with Crippen molar-refractivity contribution in [1.29, 1.82) is 0 Å².